The quantitative estimate of drug-likeness (QED) is 0.813. The number of amides is 1. The summed E-state index contributed by atoms with van der Waals surface area (Å²) in [6.07, 6.45) is 0.622. The third-order valence-corrected chi connectivity index (χ3v) is 2.06. The molecule has 0 aliphatic carbocycles. The van der Waals surface area contributed by atoms with E-state index in [4.69, 9.17) is 4.74 Å². The lowest BCUT2D eigenvalue weighted by Gasteiger charge is -2.13. The molecular weight excluding hydrogens is 220 g/mol. The number of carbonyl (C=O) groups excluding carboxylic acids is 2. The maximum absolute atomic E-state index is 11.1. The van der Waals surface area contributed by atoms with Crippen molar-refractivity contribution in [2.75, 3.05) is 5.32 Å². The van der Waals surface area contributed by atoms with Crippen molar-refractivity contribution >= 4 is 17.6 Å². The van der Waals surface area contributed by atoms with E-state index in [1.165, 1.54) is 13.8 Å². The third kappa shape index (κ3) is 3.55. The van der Waals surface area contributed by atoms with Crippen LogP contribution in [0.3, 0.4) is 0 Å². The summed E-state index contributed by atoms with van der Waals surface area (Å²) in [7, 11) is 0. The van der Waals surface area contributed by atoms with Gasteiger partial charge in [0.1, 0.15) is 0 Å². The van der Waals surface area contributed by atoms with Crippen LogP contribution in [-0.4, -0.2) is 16.9 Å². The Balaban J connectivity index is 3.27. The van der Waals surface area contributed by atoms with Gasteiger partial charge in [0, 0.05) is 19.5 Å². The van der Waals surface area contributed by atoms with Crippen molar-refractivity contribution in [3.63, 3.8) is 0 Å². The Morgan fingerprint density at radius 3 is 2.53 bits per heavy atom. The fourth-order valence-electron chi connectivity index (χ4n) is 1.51. The van der Waals surface area contributed by atoms with Crippen LogP contribution < -0.4 is 10.1 Å². The third-order valence-electron chi connectivity index (χ3n) is 2.06. The van der Waals surface area contributed by atoms with E-state index in [2.05, 4.69) is 10.3 Å². The summed E-state index contributed by atoms with van der Waals surface area (Å²) in [4.78, 5) is 26.4. The summed E-state index contributed by atoms with van der Waals surface area (Å²) in [5, 5.41) is 2.64. The van der Waals surface area contributed by atoms with Crippen LogP contribution in [0.4, 0.5) is 5.69 Å². The molecule has 0 aliphatic rings. The zero-order valence-corrected chi connectivity index (χ0v) is 10.5. The molecule has 5 nitrogen and oxygen atoms in total. The lowest BCUT2D eigenvalue weighted by atomic mass is 10.2. The van der Waals surface area contributed by atoms with Gasteiger partial charge in [-0.1, -0.05) is 6.92 Å². The van der Waals surface area contributed by atoms with Crippen molar-refractivity contribution in [3.8, 4) is 5.75 Å². The molecule has 1 heterocycles. The number of nitrogens with one attached hydrogen (secondary N) is 1. The Morgan fingerprint density at radius 2 is 2.06 bits per heavy atom. The molecule has 1 aromatic rings. The minimum Gasteiger partial charge on any atom is -0.423 e. The van der Waals surface area contributed by atoms with Crippen molar-refractivity contribution < 1.29 is 14.3 Å². The molecule has 0 radical (unpaired) electrons. The van der Waals surface area contributed by atoms with Gasteiger partial charge in [0.15, 0.2) is 5.75 Å². The Morgan fingerprint density at radius 1 is 1.41 bits per heavy atom. The van der Waals surface area contributed by atoms with Crippen molar-refractivity contribution in [3.05, 3.63) is 17.5 Å². The number of anilines is 1. The van der Waals surface area contributed by atoms with E-state index >= 15 is 0 Å². The second-order valence-electron chi connectivity index (χ2n) is 3.72. The molecule has 0 spiro atoms. The van der Waals surface area contributed by atoms with Crippen LogP contribution >= 0.6 is 0 Å². The van der Waals surface area contributed by atoms with E-state index in [1.54, 1.807) is 6.07 Å². The Bertz CT molecular complexity index is 455. The predicted octanol–water partition coefficient (Wildman–Crippen LogP) is 1.84. The summed E-state index contributed by atoms with van der Waals surface area (Å²) in [5.74, 6) is -0.316. The largest absolute Gasteiger partial charge is 0.423 e. The first kappa shape index (κ1) is 13.2. The number of aryl methyl sites for hydroxylation is 2. The van der Waals surface area contributed by atoms with Gasteiger partial charge in [-0.15, -0.1) is 0 Å². The van der Waals surface area contributed by atoms with Gasteiger partial charge >= 0.3 is 5.97 Å². The van der Waals surface area contributed by atoms with Crippen molar-refractivity contribution in [2.45, 2.75) is 34.1 Å². The summed E-state index contributed by atoms with van der Waals surface area (Å²) in [6.45, 7) is 6.45. The highest BCUT2D eigenvalue weighted by molar-refractivity contribution is 5.91. The van der Waals surface area contributed by atoms with E-state index in [-0.39, 0.29) is 5.91 Å². The average Bonchev–Trinajstić information content (AvgIpc) is 2.20. The monoisotopic (exact) mass is 236 g/mol. The molecule has 1 N–H and O–H groups in total. The van der Waals surface area contributed by atoms with Gasteiger partial charge < -0.3 is 10.1 Å². The molecule has 0 saturated heterocycles. The Kier molecular flexibility index (Phi) is 4.20. The maximum atomic E-state index is 11.1. The van der Waals surface area contributed by atoms with Gasteiger partial charge in [-0.2, -0.15) is 0 Å². The highest BCUT2D eigenvalue weighted by atomic mass is 16.5. The zero-order valence-electron chi connectivity index (χ0n) is 10.5. The number of esters is 1. The fourth-order valence-corrected chi connectivity index (χ4v) is 1.51. The second kappa shape index (κ2) is 5.43. The first-order valence-corrected chi connectivity index (χ1v) is 5.40. The number of hydrogen-bond acceptors (Lipinski definition) is 4. The number of rotatable bonds is 3. The lowest BCUT2D eigenvalue weighted by Crippen LogP contribution is -2.12. The molecule has 5 heteroatoms. The first-order chi connectivity index (χ1) is 7.93. The normalized spacial score (nSPS) is 9.88. The van der Waals surface area contributed by atoms with E-state index in [0.29, 0.717) is 23.6 Å². The molecule has 0 aromatic carbocycles. The molecule has 92 valence electrons. The molecule has 1 amide bonds. The van der Waals surface area contributed by atoms with Crippen LogP contribution in [-0.2, 0) is 16.0 Å². The van der Waals surface area contributed by atoms with Crippen LogP contribution in [0.5, 0.6) is 5.75 Å². The molecule has 0 aliphatic heterocycles. The smallest absolute Gasteiger partial charge is 0.308 e. The van der Waals surface area contributed by atoms with Gasteiger partial charge in [-0.05, 0) is 19.4 Å². The molecule has 17 heavy (non-hydrogen) atoms. The van der Waals surface area contributed by atoms with Crippen molar-refractivity contribution in [1.29, 1.82) is 0 Å². The number of pyridine rings is 1. The van der Waals surface area contributed by atoms with Crippen LogP contribution in [0.2, 0.25) is 0 Å². The molecular formula is C12H16N2O3. The summed E-state index contributed by atoms with van der Waals surface area (Å²) >= 11 is 0. The van der Waals surface area contributed by atoms with Gasteiger partial charge in [-0.25, -0.2) is 0 Å². The summed E-state index contributed by atoms with van der Waals surface area (Å²) < 4.78 is 5.11. The number of aromatic nitrogens is 1. The average molecular weight is 236 g/mol. The summed E-state index contributed by atoms with van der Waals surface area (Å²) in [5.41, 5.74) is 1.91. The minimum atomic E-state index is -0.433. The molecule has 1 aromatic heterocycles. The highest BCUT2D eigenvalue weighted by Gasteiger charge is 2.14. The van der Waals surface area contributed by atoms with Gasteiger partial charge in [-0.3, -0.25) is 14.6 Å². The maximum Gasteiger partial charge on any atom is 0.308 e. The van der Waals surface area contributed by atoms with Crippen molar-refractivity contribution in [2.24, 2.45) is 0 Å². The van der Waals surface area contributed by atoms with Gasteiger partial charge in [0.2, 0.25) is 5.91 Å². The fraction of sp³-hybridized carbons (Fsp3) is 0.417. The predicted molar refractivity (Wildman–Crippen MR) is 64.0 cm³/mol. The van der Waals surface area contributed by atoms with E-state index < -0.39 is 5.97 Å². The SMILES string of the molecule is CCc1nc(C)cc(NC(C)=O)c1OC(C)=O. The van der Waals surface area contributed by atoms with Crippen LogP contribution in [0.1, 0.15) is 32.2 Å². The van der Waals surface area contributed by atoms with E-state index in [0.717, 1.165) is 5.69 Å². The van der Waals surface area contributed by atoms with Crippen LogP contribution in [0, 0.1) is 6.92 Å². The first-order valence-electron chi connectivity index (χ1n) is 5.40. The molecule has 1 rings (SSSR count). The second-order valence-corrected chi connectivity index (χ2v) is 3.72. The lowest BCUT2D eigenvalue weighted by molar-refractivity contribution is -0.132. The van der Waals surface area contributed by atoms with Crippen LogP contribution in [0.25, 0.3) is 0 Å². The zero-order chi connectivity index (χ0) is 13.0. The standard InChI is InChI=1S/C12H16N2O3/c1-5-10-12(17-9(4)16)11(14-8(3)15)6-7(2)13-10/h6H,5H2,1-4H3,(H,13,14,15). The summed E-state index contributed by atoms with van der Waals surface area (Å²) in [6, 6.07) is 1.68. The Labute approximate surface area is 100 Å². The van der Waals surface area contributed by atoms with Crippen LogP contribution in [0.15, 0.2) is 6.07 Å². The Hall–Kier alpha value is -1.91. The number of hydrogen-bond donors (Lipinski definition) is 1. The van der Waals surface area contributed by atoms with Gasteiger partial charge in [0.25, 0.3) is 0 Å². The molecule has 0 bridgehead atoms. The van der Waals surface area contributed by atoms with E-state index in [1.807, 2.05) is 13.8 Å². The topological polar surface area (TPSA) is 68.3 Å². The molecule has 0 fully saturated rings. The van der Waals surface area contributed by atoms with Gasteiger partial charge in [0.05, 0.1) is 11.4 Å². The minimum absolute atomic E-state index is 0.217. The molecule has 0 atom stereocenters. The number of ether oxygens (including phenoxy) is 1. The van der Waals surface area contributed by atoms with Crippen molar-refractivity contribution in [1.82, 2.24) is 4.98 Å². The molecule has 0 saturated carbocycles. The van der Waals surface area contributed by atoms with E-state index in [9.17, 15) is 9.59 Å². The highest BCUT2D eigenvalue weighted by Crippen LogP contribution is 2.29. The number of carbonyl (C=O) groups is 2. The molecule has 0 unspecified atom stereocenters. The number of nitrogens with zero attached hydrogens (tertiary/aromatic N) is 1.